The maximum atomic E-state index is 5.44. The van der Waals surface area contributed by atoms with Crippen molar-refractivity contribution in [3.63, 3.8) is 0 Å². The van der Waals surface area contributed by atoms with E-state index in [0.29, 0.717) is 12.0 Å². The van der Waals surface area contributed by atoms with Gasteiger partial charge in [0, 0.05) is 32.9 Å². The Hall–Kier alpha value is -1.13. The molecule has 1 fully saturated rings. The number of nitrogens with one attached hydrogen (secondary N) is 1. The maximum absolute atomic E-state index is 5.44. The first-order chi connectivity index (χ1) is 9.20. The fraction of sp³-hybridized carbons (Fsp3) is 0.667. The van der Waals surface area contributed by atoms with Gasteiger partial charge in [-0.15, -0.1) is 0 Å². The van der Waals surface area contributed by atoms with Crippen molar-refractivity contribution >= 4 is 5.69 Å². The Kier molecular flexibility index (Phi) is 5.16. The van der Waals surface area contributed by atoms with Crippen molar-refractivity contribution in [2.75, 3.05) is 31.6 Å². The average molecular weight is 263 g/mol. The van der Waals surface area contributed by atoms with E-state index in [0.717, 1.165) is 32.6 Å². The van der Waals surface area contributed by atoms with E-state index in [4.69, 9.17) is 4.74 Å². The standard InChI is InChI=1S/C15H25N3O/c1-12(2)8-17-9-13-4-6-16-10-15(13)18-7-5-14(11-18)19-3/h4,6,10,12,14,17H,5,7-9,11H2,1-3H3. The molecule has 1 saturated heterocycles. The van der Waals surface area contributed by atoms with Crippen molar-refractivity contribution in [1.29, 1.82) is 0 Å². The minimum Gasteiger partial charge on any atom is -0.380 e. The first-order valence-electron chi connectivity index (χ1n) is 7.12. The highest BCUT2D eigenvalue weighted by Gasteiger charge is 2.23. The normalized spacial score (nSPS) is 19.4. The molecule has 2 heterocycles. The summed E-state index contributed by atoms with van der Waals surface area (Å²) in [4.78, 5) is 6.66. The van der Waals surface area contributed by atoms with E-state index >= 15 is 0 Å². The fourth-order valence-electron chi connectivity index (χ4n) is 2.48. The lowest BCUT2D eigenvalue weighted by molar-refractivity contribution is 0.121. The van der Waals surface area contributed by atoms with Crippen molar-refractivity contribution < 1.29 is 4.74 Å². The van der Waals surface area contributed by atoms with E-state index in [9.17, 15) is 0 Å². The van der Waals surface area contributed by atoms with Crippen LogP contribution in [0, 0.1) is 5.92 Å². The molecule has 1 aliphatic heterocycles. The molecule has 1 unspecified atom stereocenters. The molecule has 0 spiro atoms. The average Bonchev–Trinajstić information content (AvgIpc) is 2.87. The van der Waals surface area contributed by atoms with Gasteiger partial charge in [-0.05, 0) is 30.5 Å². The molecule has 0 radical (unpaired) electrons. The first-order valence-corrected chi connectivity index (χ1v) is 7.12. The number of nitrogens with zero attached hydrogens (tertiary/aromatic N) is 2. The molecule has 1 aliphatic rings. The Labute approximate surface area is 116 Å². The SMILES string of the molecule is COC1CCN(c2cnccc2CNCC(C)C)C1. The van der Waals surface area contributed by atoms with Gasteiger partial charge in [0.1, 0.15) is 0 Å². The van der Waals surface area contributed by atoms with Crippen molar-refractivity contribution in [3.05, 3.63) is 24.0 Å². The summed E-state index contributed by atoms with van der Waals surface area (Å²) in [5, 5.41) is 3.50. The molecular weight excluding hydrogens is 238 g/mol. The van der Waals surface area contributed by atoms with Crippen molar-refractivity contribution in [3.8, 4) is 0 Å². The number of pyridine rings is 1. The summed E-state index contributed by atoms with van der Waals surface area (Å²) >= 11 is 0. The molecule has 4 heteroatoms. The molecular formula is C15H25N3O. The molecule has 1 aromatic heterocycles. The molecule has 1 N–H and O–H groups in total. The quantitative estimate of drug-likeness (QED) is 0.852. The van der Waals surface area contributed by atoms with Gasteiger partial charge in [0.2, 0.25) is 0 Å². The van der Waals surface area contributed by atoms with Crippen LogP contribution in [-0.4, -0.2) is 37.8 Å². The van der Waals surface area contributed by atoms with Gasteiger partial charge in [-0.1, -0.05) is 13.8 Å². The second kappa shape index (κ2) is 6.87. The highest BCUT2D eigenvalue weighted by molar-refractivity contribution is 5.52. The minimum atomic E-state index is 0.358. The molecule has 0 bridgehead atoms. The van der Waals surface area contributed by atoms with Gasteiger partial charge in [-0.2, -0.15) is 0 Å². The van der Waals surface area contributed by atoms with Crippen LogP contribution in [0.4, 0.5) is 5.69 Å². The molecule has 0 amide bonds. The molecule has 19 heavy (non-hydrogen) atoms. The number of rotatable bonds is 6. The second-order valence-corrected chi connectivity index (χ2v) is 5.62. The van der Waals surface area contributed by atoms with Gasteiger partial charge in [0.15, 0.2) is 0 Å². The van der Waals surface area contributed by atoms with E-state index < -0.39 is 0 Å². The zero-order valence-electron chi connectivity index (χ0n) is 12.2. The zero-order chi connectivity index (χ0) is 13.7. The molecule has 106 valence electrons. The molecule has 1 atom stereocenters. The molecule has 0 aromatic carbocycles. The summed E-state index contributed by atoms with van der Waals surface area (Å²) in [6.07, 6.45) is 5.31. The van der Waals surface area contributed by atoms with Crippen molar-refractivity contribution in [1.82, 2.24) is 10.3 Å². The minimum absolute atomic E-state index is 0.358. The van der Waals surface area contributed by atoms with Crippen LogP contribution in [-0.2, 0) is 11.3 Å². The van der Waals surface area contributed by atoms with E-state index in [-0.39, 0.29) is 0 Å². The third-order valence-corrected chi connectivity index (χ3v) is 3.57. The van der Waals surface area contributed by atoms with Crippen LogP contribution in [0.1, 0.15) is 25.8 Å². The van der Waals surface area contributed by atoms with Crippen LogP contribution in [0.5, 0.6) is 0 Å². The third-order valence-electron chi connectivity index (χ3n) is 3.57. The highest BCUT2D eigenvalue weighted by atomic mass is 16.5. The lowest BCUT2D eigenvalue weighted by Gasteiger charge is -2.21. The van der Waals surface area contributed by atoms with Crippen LogP contribution in [0.2, 0.25) is 0 Å². The second-order valence-electron chi connectivity index (χ2n) is 5.62. The summed E-state index contributed by atoms with van der Waals surface area (Å²) in [7, 11) is 1.79. The molecule has 1 aromatic rings. The fourth-order valence-corrected chi connectivity index (χ4v) is 2.48. The number of hydrogen-bond donors (Lipinski definition) is 1. The number of ether oxygens (including phenoxy) is 1. The summed E-state index contributed by atoms with van der Waals surface area (Å²) in [5.41, 5.74) is 2.57. The van der Waals surface area contributed by atoms with Crippen molar-refractivity contribution in [2.45, 2.75) is 32.9 Å². The van der Waals surface area contributed by atoms with E-state index in [2.05, 4.69) is 35.1 Å². The van der Waals surface area contributed by atoms with Gasteiger partial charge in [0.05, 0.1) is 18.0 Å². The van der Waals surface area contributed by atoms with Gasteiger partial charge < -0.3 is 15.0 Å². The molecule has 0 aliphatic carbocycles. The predicted octanol–water partition coefficient (Wildman–Crippen LogP) is 2.05. The Bertz CT molecular complexity index is 395. The first kappa shape index (κ1) is 14.3. The molecule has 0 saturated carbocycles. The lowest BCUT2D eigenvalue weighted by Crippen LogP contribution is -2.25. The molecule has 2 rings (SSSR count). The van der Waals surface area contributed by atoms with E-state index in [1.165, 1.54) is 11.3 Å². The number of aromatic nitrogens is 1. The third kappa shape index (κ3) is 3.91. The maximum Gasteiger partial charge on any atom is 0.0762 e. The number of hydrogen-bond acceptors (Lipinski definition) is 4. The smallest absolute Gasteiger partial charge is 0.0762 e. The van der Waals surface area contributed by atoms with Crippen LogP contribution >= 0.6 is 0 Å². The molecule has 4 nitrogen and oxygen atoms in total. The monoisotopic (exact) mass is 263 g/mol. The van der Waals surface area contributed by atoms with Gasteiger partial charge in [-0.25, -0.2) is 0 Å². The highest BCUT2D eigenvalue weighted by Crippen LogP contribution is 2.24. The largest absolute Gasteiger partial charge is 0.380 e. The Balaban J connectivity index is 2.00. The Morgan fingerprint density at radius 1 is 1.53 bits per heavy atom. The Morgan fingerprint density at radius 3 is 3.05 bits per heavy atom. The number of anilines is 1. The summed E-state index contributed by atoms with van der Waals surface area (Å²) in [6, 6.07) is 2.11. The van der Waals surface area contributed by atoms with Crippen LogP contribution < -0.4 is 10.2 Å². The summed E-state index contributed by atoms with van der Waals surface area (Å²) in [6.45, 7) is 8.43. The zero-order valence-corrected chi connectivity index (χ0v) is 12.2. The summed E-state index contributed by atoms with van der Waals surface area (Å²) < 4.78 is 5.44. The predicted molar refractivity (Wildman–Crippen MR) is 78.4 cm³/mol. The van der Waals surface area contributed by atoms with Crippen LogP contribution in [0.15, 0.2) is 18.5 Å². The number of methoxy groups -OCH3 is 1. The van der Waals surface area contributed by atoms with E-state index in [1.807, 2.05) is 12.4 Å². The van der Waals surface area contributed by atoms with Crippen LogP contribution in [0.25, 0.3) is 0 Å². The topological polar surface area (TPSA) is 37.4 Å². The van der Waals surface area contributed by atoms with Crippen LogP contribution in [0.3, 0.4) is 0 Å². The van der Waals surface area contributed by atoms with Gasteiger partial charge in [0.25, 0.3) is 0 Å². The Morgan fingerprint density at radius 2 is 2.37 bits per heavy atom. The van der Waals surface area contributed by atoms with Gasteiger partial charge >= 0.3 is 0 Å². The lowest BCUT2D eigenvalue weighted by atomic mass is 10.2. The summed E-state index contributed by atoms with van der Waals surface area (Å²) in [5.74, 6) is 0.676. The van der Waals surface area contributed by atoms with E-state index in [1.54, 1.807) is 7.11 Å². The van der Waals surface area contributed by atoms with Crippen molar-refractivity contribution in [2.24, 2.45) is 5.92 Å². The van der Waals surface area contributed by atoms with Gasteiger partial charge in [-0.3, -0.25) is 4.98 Å².